The Kier molecular flexibility index (Phi) is 4.54. The number of carbonyl (C=O) groups is 1. The van der Waals surface area contributed by atoms with Gasteiger partial charge >= 0.3 is 0 Å². The van der Waals surface area contributed by atoms with E-state index in [0.29, 0.717) is 30.0 Å². The van der Waals surface area contributed by atoms with Gasteiger partial charge in [0.25, 0.3) is 0 Å². The Balaban J connectivity index is 1.86. The van der Waals surface area contributed by atoms with Gasteiger partial charge in [-0.1, -0.05) is 12.1 Å². The summed E-state index contributed by atoms with van der Waals surface area (Å²) in [6.07, 6.45) is 1.88. The summed E-state index contributed by atoms with van der Waals surface area (Å²) in [7, 11) is -3.63. The number of likely N-dealkylation sites (tertiary alicyclic amines) is 1. The number of rotatable bonds is 4. The molecular formula is C17H21N3O3S. The van der Waals surface area contributed by atoms with Gasteiger partial charge in [-0.05, 0) is 38.8 Å². The Hall–Kier alpha value is -2.02. The van der Waals surface area contributed by atoms with Gasteiger partial charge in [0.05, 0.1) is 28.2 Å². The quantitative estimate of drug-likeness (QED) is 0.843. The lowest BCUT2D eigenvalue weighted by molar-refractivity contribution is -0.129. The fraction of sp³-hybridized carbons (Fsp3) is 0.471. The van der Waals surface area contributed by atoms with E-state index in [1.165, 1.54) is 6.92 Å². The number of carbonyl (C=O) groups excluding carboxylic acids is 1. The predicted octanol–water partition coefficient (Wildman–Crippen LogP) is 1.86. The second-order valence-electron chi connectivity index (χ2n) is 6.23. The first-order valence-electron chi connectivity index (χ1n) is 8.11. The van der Waals surface area contributed by atoms with Gasteiger partial charge in [0.1, 0.15) is 5.25 Å². The molecule has 2 heterocycles. The normalized spacial score (nSPS) is 16.5. The molecule has 128 valence electrons. The molecule has 2 aromatic rings. The molecule has 24 heavy (non-hydrogen) atoms. The molecule has 1 aliphatic rings. The molecule has 0 radical (unpaired) electrons. The summed E-state index contributed by atoms with van der Waals surface area (Å²) in [4.78, 5) is 22.9. The highest BCUT2D eigenvalue weighted by Crippen LogP contribution is 2.19. The Morgan fingerprint density at radius 1 is 1.17 bits per heavy atom. The Labute approximate surface area is 141 Å². The standard InChI is InChI=1S/C17H21N3O3S/c1-12-16(19-15-8-4-3-7-14(15)18-12)11-24(22,23)13(2)17(21)20-9-5-6-10-20/h3-4,7-8,13H,5-6,9-11H2,1-2H3. The molecule has 1 amide bonds. The van der Waals surface area contributed by atoms with Crippen LogP contribution < -0.4 is 0 Å². The number of amides is 1. The van der Waals surface area contributed by atoms with Crippen LogP contribution in [0.3, 0.4) is 0 Å². The molecule has 0 saturated carbocycles. The Morgan fingerprint density at radius 3 is 2.38 bits per heavy atom. The first-order chi connectivity index (χ1) is 11.4. The summed E-state index contributed by atoms with van der Waals surface area (Å²) in [5, 5.41) is -1.05. The van der Waals surface area contributed by atoms with Crippen molar-refractivity contribution in [2.75, 3.05) is 13.1 Å². The number of hydrogen-bond donors (Lipinski definition) is 0. The summed E-state index contributed by atoms with van der Waals surface area (Å²) in [5.41, 5.74) is 2.39. The molecule has 0 bridgehead atoms. The first-order valence-corrected chi connectivity index (χ1v) is 9.82. The molecule has 1 unspecified atom stereocenters. The Morgan fingerprint density at radius 2 is 1.75 bits per heavy atom. The van der Waals surface area contributed by atoms with E-state index in [4.69, 9.17) is 0 Å². The summed E-state index contributed by atoms with van der Waals surface area (Å²) in [6, 6.07) is 7.34. The summed E-state index contributed by atoms with van der Waals surface area (Å²) in [6.45, 7) is 4.51. The smallest absolute Gasteiger partial charge is 0.240 e. The maximum atomic E-state index is 12.7. The number of nitrogens with zero attached hydrogens (tertiary/aromatic N) is 3. The molecule has 6 nitrogen and oxygen atoms in total. The van der Waals surface area contributed by atoms with Crippen LogP contribution in [-0.2, 0) is 20.4 Å². The maximum Gasteiger partial charge on any atom is 0.240 e. The average molecular weight is 347 g/mol. The van der Waals surface area contributed by atoms with Gasteiger partial charge in [-0.25, -0.2) is 18.4 Å². The van der Waals surface area contributed by atoms with Crippen LogP contribution in [0.1, 0.15) is 31.2 Å². The maximum absolute atomic E-state index is 12.7. The SMILES string of the molecule is Cc1nc2ccccc2nc1CS(=O)(=O)C(C)C(=O)N1CCCC1. The van der Waals surface area contributed by atoms with E-state index in [1.54, 1.807) is 17.9 Å². The highest BCUT2D eigenvalue weighted by atomic mass is 32.2. The molecule has 7 heteroatoms. The van der Waals surface area contributed by atoms with Gasteiger partial charge in [0.15, 0.2) is 9.84 Å². The van der Waals surface area contributed by atoms with Crippen molar-refractivity contribution in [3.63, 3.8) is 0 Å². The van der Waals surface area contributed by atoms with Crippen LogP contribution in [0.4, 0.5) is 0 Å². The van der Waals surface area contributed by atoms with Gasteiger partial charge in [-0.3, -0.25) is 4.79 Å². The van der Waals surface area contributed by atoms with Gasteiger partial charge in [0.2, 0.25) is 5.91 Å². The number of sulfone groups is 1. The van der Waals surface area contributed by atoms with Crippen LogP contribution in [0.5, 0.6) is 0 Å². The summed E-state index contributed by atoms with van der Waals surface area (Å²) >= 11 is 0. The number of benzene rings is 1. The Bertz CT molecular complexity index is 874. The number of para-hydroxylation sites is 2. The number of aromatic nitrogens is 2. The number of aryl methyl sites for hydroxylation is 1. The molecule has 1 fully saturated rings. The van der Waals surface area contributed by atoms with Crippen molar-refractivity contribution in [1.82, 2.24) is 14.9 Å². The van der Waals surface area contributed by atoms with E-state index >= 15 is 0 Å². The van der Waals surface area contributed by atoms with Gasteiger partial charge in [0, 0.05) is 13.1 Å². The minimum absolute atomic E-state index is 0.266. The zero-order valence-corrected chi connectivity index (χ0v) is 14.7. The number of hydrogen-bond acceptors (Lipinski definition) is 5. The van der Waals surface area contributed by atoms with E-state index in [-0.39, 0.29) is 11.7 Å². The molecule has 1 saturated heterocycles. The van der Waals surface area contributed by atoms with Gasteiger partial charge in [-0.2, -0.15) is 0 Å². The third-order valence-corrected chi connectivity index (χ3v) is 6.44. The monoisotopic (exact) mass is 347 g/mol. The van der Waals surface area contributed by atoms with E-state index in [2.05, 4.69) is 9.97 Å². The third-order valence-electron chi connectivity index (χ3n) is 4.49. The van der Waals surface area contributed by atoms with Crippen LogP contribution in [-0.4, -0.2) is 47.5 Å². The molecule has 1 aromatic carbocycles. The van der Waals surface area contributed by atoms with Crippen molar-refractivity contribution in [3.8, 4) is 0 Å². The fourth-order valence-electron chi connectivity index (χ4n) is 2.93. The highest BCUT2D eigenvalue weighted by molar-refractivity contribution is 7.92. The van der Waals surface area contributed by atoms with Crippen LogP contribution in [0.25, 0.3) is 11.0 Å². The highest BCUT2D eigenvalue weighted by Gasteiger charge is 2.33. The van der Waals surface area contributed by atoms with Crippen molar-refractivity contribution in [1.29, 1.82) is 0 Å². The summed E-state index contributed by atoms with van der Waals surface area (Å²) < 4.78 is 25.3. The average Bonchev–Trinajstić information content (AvgIpc) is 3.08. The molecule has 0 aliphatic carbocycles. The molecular weight excluding hydrogens is 326 g/mol. The fourth-order valence-corrected chi connectivity index (χ4v) is 4.29. The van der Waals surface area contributed by atoms with E-state index in [9.17, 15) is 13.2 Å². The minimum Gasteiger partial charge on any atom is -0.342 e. The van der Waals surface area contributed by atoms with Gasteiger partial charge < -0.3 is 4.90 Å². The lowest BCUT2D eigenvalue weighted by Gasteiger charge is -2.20. The van der Waals surface area contributed by atoms with Crippen LogP contribution in [0, 0.1) is 6.92 Å². The largest absolute Gasteiger partial charge is 0.342 e. The number of fused-ring (bicyclic) bond motifs is 1. The molecule has 1 atom stereocenters. The molecule has 3 rings (SSSR count). The van der Waals surface area contributed by atoms with E-state index in [0.717, 1.165) is 18.4 Å². The van der Waals surface area contributed by atoms with E-state index < -0.39 is 15.1 Å². The third kappa shape index (κ3) is 3.26. The lowest BCUT2D eigenvalue weighted by Crippen LogP contribution is -2.40. The molecule has 0 N–H and O–H groups in total. The van der Waals surface area contributed by atoms with E-state index in [1.807, 2.05) is 18.2 Å². The van der Waals surface area contributed by atoms with Crippen molar-refractivity contribution in [2.45, 2.75) is 37.7 Å². The van der Waals surface area contributed by atoms with Crippen LogP contribution in [0.2, 0.25) is 0 Å². The summed E-state index contributed by atoms with van der Waals surface area (Å²) in [5.74, 6) is -0.573. The molecule has 1 aromatic heterocycles. The zero-order valence-electron chi connectivity index (χ0n) is 13.9. The first kappa shape index (κ1) is 16.8. The van der Waals surface area contributed by atoms with Crippen LogP contribution >= 0.6 is 0 Å². The van der Waals surface area contributed by atoms with Crippen molar-refractivity contribution >= 4 is 26.8 Å². The lowest BCUT2D eigenvalue weighted by atomic mass is 10.2. The zero-order chi connectivity index (χ0) is 17.3. The van der Waals surface area contributed by atoms with Crippen LogP contribution in [0.15, 0.2) is 24.3 Å². The molecule has 1 aliphatic heterocycles. The second-order valence-corrected chi connectivity index (χ2v) is 8.55. The minimum atomic E-state index is -3.63. The topological polar surface area (TPSA) is 80.2 Å². The van der Waals surface area contributed by atoms with Crippen molar-refractivity contribution in [2.24, 2.45) is 0 Å². The molecule has 0 spiro atoms. The van der Waals surface area contributed by atoms with Gasteiger partial charge in [-0.15, -0.1) is 0 Å². The predicted molar refractivity (Wildman–Crippen MR) is 92.2 cm³/mol. The van der Waals surface area contributed by atoms with Crippen molar-refractivity contribution < 1.29 is 13.2 Å². The second kappa shape index (κ2) is 6.47. The van der Waals surface area contributed by atoms with Crippen molar-refractivity contribution in [3.05, 3.63) is 35.7 Å².